The molecule has 0 spiro atoms. The molecular formula is C23H32N2O3. The lowest BCUT2D eigenvalue weighted by molar-refractivity contribution is -0.149. The highest BCUT2D eigenvalue weighted by Crippen LogP contribution is 2.54. The third kappa shape index (κ3) is 2.49. The lowest BCUT2D eigenvalue weighted by atomic mass is 9.60. The van der Waals surface area contributed by atoms with Gasteiger partial charge in [-0.25, -0.2) is 0 Å². The van der Waals surface area contributed by atoms with Crippen LogP contribution in [0, 0.1) is 17.8 Å². The Kier molecular flexibility index (Phi) is 4.45. The fourth-order valence-corrected chi connectivity index (χ4v) is 6.73. The molecule has 3 fully saturated rings. The lowest BCUT2D eigenvalue weighted by Crippen LogP contribution is -2.59. The fourth-order valence-electron chi connectivity index (χ4n) is 6.73. The zero-order valence-corrected chi connectivity index (χ0v) is 17.1. The first-order chi connectivity index (χ1) is 13.5. The third-order valence-electron chi connectivity index (χ3n) is 7.86. The van der Waals surface area contributed by atoms with Gasteiger partial charge in [-0.3, -0.25) is 9.47 Å². The van der Waals surface area contributed by atoms with Gasteiger partial charge in [0.15, 0.2) is 0 Å². The highest BCUT2D eigenvalue weighted by molar-refractivity contribution is 5.87. The number of aromatic hydroxyl groups is 1. The van der Waals surface area contributed by atoms with Gasteiger partial charge in [-0.1, -0.05) is 20.3 Å². The number of aliphatic hydroxyl groups excluding tert-OH is 1. The summed E-state index contributed by atoms with van der Waals surface area (Å²) in [6.45, 7) is 9.43. The van der Waals surface area contributed by atoms with Crippen molar-refractivity contribution < 1.29 is 14.9 Å². The summed E-state index contributed by atoms with van der Waals surface area (Å²) in [5, 5.41) is 22.1. The highest BCUT2D eigenvalue weighted by atomic mass is 16.6. The van der Waals surface area contributed by atoms with Gasteiger partial charge in [0.1, 0.15) is 5.75 Å². The molecule has 7 atom stereocenters. The van der Waals surface area contributed by atoms with Crippen LogP contribution < -0.4 is 0 Å². The van der Waals surface area contributed by atoms with E-state index in [0.717, 1.165) is 35.7 Å². The maximum Gasteiger partial charge on any atom is 0.242 e. The molecule has 28 heavy (non-hydrogen) atoms. The first-order valence-electron chi connectivity index (χ1n) is 10.9. The standard InChI is InChI=1S/C23H32N2O3/c1-4-16-13(3)14-10-19-21(16)24(12-14)9-8-17-18-11-15(26)6-7-20(18)25(22(17)19)23(27)28-5-2/h6-7,11,13-14,16,19,21,23,26-27H,4-5,8-10,12H2,1-3H3. The van der Waals surface area contributed by atoms with E-state index in [1.54, 1.807) is 6.07 Å². The topological polar surface area (TPSA) is 57.9 Å². The van der Waals surface area contributed by atoms with E-state index in [1.807, 2.05) is 23.6 Å². The molecule has 4 heterocycles. The summed E-state index contributed by atoms with van der Waals surface area (Å²) in [7, 11) is 0. The van der Waals surface area contributed by atoms with Crippen molar-refractivity contribution in [2.75, 3.05) is 19.7 Å². The number of phenolic OH excluding ortho intramolecular Hbond substituents is 1. The van der Waals surface area contributed by atoms with Crippen LogP contribution in [0.3, 0.4) is 0 Å². The molecule has 1 aliphatic carbocycles. The summed E-state index contributed by atoms with van der Waals surface area (Å²) in [6.07, 6.45) is 2.38. The zero-order valence-electron chi connectivity index (χ0n) is 17.1. The van der Waals surface area contributed by atoms with Crippen LogP contribution in [0.15, 0.2) is 18.2 Å². The smallest absolute Gasteiger partial charge is 0.242 e. The Morgan fingerprint density at radius 2 is 2.11 bits per heavy atom. The number of aromatic nitrogens is 1. The molecule has 6 rings (SSSR count). The molecule has 5 nitrogen and oxygen atoms in total. The van der Waals surface area contributed by atoms with E-state index in [0.29, 0.717) is 24.5 Å². The number of phenols is 1. The summed E-state index contributed by atoms with van der Waals surface area (Å²) in [6, 6.07) is 6.05. The first kappa shape index (κ1) is 18.5. The molecular weight excluding hydrogens is 352 g/mol. The van der Waals surface area contributed by atoms with E-state index in [4.69, 9.17) is 4.74 Å². The minimum absolute atomic E-state index is 0.285. The Hall–Kier alpha value is -1.56. The van der Waals surface area contributed by atoms with Crippen molar-refractivity contribution in [2.45, 2.75) is 58.4 Å². The van der Waals surface area contributed by atoms with Crippen molar-refractivity contribution in [1.82, 2.24) is 9.47 Å². The number of ether oxygens (including phenoxy) is 1. The Morgan fingerprint density at radius 3 is 2.86 bits per heavy atom. The van der Waals surface area contributed by atoms with Gasteiger partial charge in [0.05, 0.1) is 5.52 Å². The first-order valence-corrected chi connectivity index (χ1v) is 10.9. The highest BCUT2D eigenvalue weighted by Gasteiger charge is 2.52. The van der Waals surface area contributed by atoms with Crippen molar-refractivity contribution in [3.05, 3.63) is 29.5 Å². The number of piperidine rings is 2. The van der Waals surface area contributed by atoms with Crippen LogP contribution in [0.1, 0.15) is 57.2 Å². The maximum atomic E-state index is 10.9. The number of hydrogen-bond donors (Lipinski definition) is 2. The molecule has 2 aromatic rings. The Bertz CT molecular complexity index is 892. The molecule has 3 aliphatic heterocycles. The van der Waals surface area contributed by atoms with E-state index in [2.05, 4.69) is 18.7 Å². The Morgan fingerprint density at radius 1 is 1.29 bits per heavy atom. The van der Waals surface area contributed by atoms with E-state index in [1.165, 1.54) is 30.6 Å². The van der Waals surface area contributed by atoms with Crippen LogP contribution in [0.4, 0.5) is 0 Å². The average Bonchev–Trinajstić information content (AvgIpc) is 2.95. The van der Waals surface area contributed by atoms with Gasteiger partial charge in [0, 0.05) is 42.7 Å². The van der Waals surface area contributed by atoms with Crippen molar-refractivity contribution in [3.63, 3.8) is 0 Å². The van der Waals surface area contributed by atoms with Gasteiger partial charge in [-0.05, 0) is 61.3 Å². The molecule has 2 N–H and O–H groups in total. The number of hydrogen-bond acceptors (Lipinski definition) is 4. The summed E-state index contributed by atoms with van der Waals surface area (Å²) >= 11 is 0. The van der Waals surface area contributed by atoms with Crippen LogP contribution >= 0.6 is 0 Å². The zero-order chi connectivity index (χ0) is 19.6. The number of fused-ring (bicyclic) bond motifs is 4. The van der Waals surface area contributed by atoms with Gasteiger partial charge in [0.25, 0.3) is 0 Å². The van der Waals surface area contributed by atoms with Crippen LogP contribution in [0.2, 0.25) is 0 Å². The Balaban J connectivity index is 1.74. The second kappa shape index (κ2) is 6.75. The molecule has 1 aromatic heterocycles. The molecule has 1 aromatic carbocycles. The van der Waals surface area contributed by atoms with Gasteiger partial charge in [0.2, 0.25) is 6.41 Å². The fraction of sp³-hybridized carbons (Fsp3) is 0.652. The molecule has 7 unspecified atom stereocenters. The van der Waals surface area contributed by atoms with Gasteiger partial charge < -0.3 is 14.9 Å². The summed E-state index contributed by atoms with van der Waals surface area (Å²) in [5.41, 5.74) is 3.52. The average molecular weight is 385 g/mol. The van der Waals surface area contributed by atoms with Crippen LogP contribution in [0.25, 0.3) is 10.9 Å². The quantitative estimate of drug-likeness (QED) is 0.787. The molecule has 4 bridgehead atoms. The number of aliphatic hydroxyl groups is 1. The van der Waals surface area contributed by atoms with E-state index < -0.39 is 6.41 Å². The van der Waals surface area contributed by atoms with Gasteiger partial charge in [-0.15, -0.1) is 0 Å². The van der Waals surface area contributed by atoms with Crippen LogP contribution in [-0.4, -0.2) is 45.4 Å². The van der Waals surface area contributed by atoms with E-state index in [9.17, 15) is 10.2 Å². The number of benzene rings is 1. The lowest BCUT2D eigenvalue weighted by Gasteiger charge is -2.57. The van der Waals surface area contributed by atoms with Crippen LogP contribution in [-0.2, 0) is 11.2 Å². The minimum atomic E-state index is -0.981. The molecule has 5 heteroatoms. The van der Waals surface area contributed by atoms with Crippen molar-refractivity contribution in [1.29, 1.82) is 0 Å². The molecule has 4 aliphatic rings. The molecule has 0 radical (unpaired) electrons. The van der Waals surface area contributed by atoms with Crippen molar-refractivity contribution in [3.8, 4) is 5.75 Å². The van der Waals surface area contributed by atoms with E-state index >= 15 is 0 Å². The van der Waals surface area contributed by atoms with E-state index in [-0.39, 0.29) is 5.75 Å². The third-order valence-corrected chi connectivity index (χ3v) is 7.86. The second-order valence-electron chi connectivity index (χ2n) is 8.99. The molecule has 2 saturated heterocycles. The molecule has 0 amide bonds. The minimum Gasteiger partial charge on any atom is -0.508 e. The maximum absolute atomic E-state index is 10.9. The normalized spacial score (nSPS) is 35.0. The number of rotatable bonds is 4. The monoisotopic (exact) mass is 384 g/mol. The summed E-state index contributed by atoms with van der Waals surface area (Å²) in [4.78, 5) is 2.72. The predicted molar refractivity (Wildman–Crippen MR) is 109 cm³/mol. The summed E-state index contributed by atoms with van der Waals surface area (Å²) < 4.78 is 7.69. The van der Waals surface area contributed by atoms with Crippen molar-refractivity contribution in [2.24, 2.45) is 17.8 Å². The van der Waals surface area contributed by atoms with Crippen molar-refractivity contribution >= 4 is 10.9 Å². The second-order valence-corrected chi connectivity index (χ2v) is 8.99. The Labute approximate surface area is 166 Å². The SMILES string of the molecule is CCOC(O)n1c2c(c3cc(O)ccc31)CCN1CC3CC2C1C(CC)C3C. The predicted octanol–water partition coefficient (Wildman–Crippen LogP) is 3.84. The largest absolute Gasteiger partial charge is 0.508 e. The van der Waals surface area contributed by atoms with Crippen LogP contribution in [0.5, 0.6) is 5.75 Å². The van der Waals surface area contributed by atoms with Gasteiger partial charge >= 0.3 is 0 Å². The molecule has 152 valence electrons. The van der Waals surface area contributed by atoms with Gasteiger partial charge in [-0.2, -0.15) is 0 Å². The molecule has 1 saturated carbocycles. The summed E-state index contributed by atoms with van der Waals surface area (Å²) in [5.74, 6) is 2.89. The number of nitrogens with zero attached hydrogens (tertiary/aromatic N) is 2.